The van der Waals surface area contributed by atoms with Crippen molar-refractivity contribution in [2.24, 2.45) is 0 Å². The van der Waals surface area contributed by atoms with E-state index in [-0.39, 0.29) is 17.9 Å². The van der Waals surface area contributed by atoms with E-state index in [0.29, 0.717) is 28.2 Å². The second kappa shape index (κ2) is 9.44. The molecule has 1 atom stereocenters. The summed E-state index contributed by atoms with van der Waals surface area (Å²) in [6.45, 7) is 0. The fourth-order valence-electron chi connectivity index (χ4n) is 3.84. The number of benzene rings is 3. The molecule has 0 saturated carbocycles. The fraction of sp³-hybridized carbons (Fsp3) is 0.160. The number of carbonyl (C=O) groups excluding carboxylic acids is 1. The molecule has 2 N–H and O–H groups in total. The number of hydrogen-bond donors (Lipinski definition) is 2. The van der Waals surface area contributed by atoms with E-state index in [9.17, 15) is 14.7 Å². The van der Waals surface area contributed by atoms with Gasteiger partial charge in [-0.3, -0.25) is 9.59 Å². The average molecular weight is 445 g/mol. The molecule has 4 rings (SSSR count). The number of rotatable bonds is 8. The number of aliphatic carboxylic acids is 1. The molecule has 1 aromatic heterocycles. The van der Waals surface area contributed by atoms with Gasteiger partial charge < -0.3 is 24.5 Å². The number of aromatic nitrogens is 2. The molecule has 0 radical (unpaired) electrons. The Bertz CT molecular complexity index is 1280. The molecule has 8 nitrogen and oxygen atoms in total. The van der Waals surface area contributed by atoms with Gasteiger partial charge in [0.25, 0.3) is 5.91 Å². The van der Waals surface area contributed by atoms with Crippen LogP contribution in [0.2, 0.25) is 0 Å². The molecular formula is C25H23N3O5. The second-order valence-corrected chi connectivity index (χ2v) is 7.37. The summed E-state index contributed by atoms with van der Waals surface area (Å²) in [5.41, 5.74) is 3.06. The molecule has 3 aromatic carbocycles. The van der Waals surface area contributed by atoms with E-state index in [1.165, 1.54) is 14.2 Å². The highest BCUT2D eigenvalue weighted by Crippen LogP contribution is 2.31. The summed E-state index contributed by atoms with van der Waals surface area (Å²) in [6.07, 6.45) is 1.52. The van der Waals surface area contributed by atoms with E-state index in [2.05, 4.69) is 10.3 Å². The minimum atomic E-state index is -0.918. The number of ether oxygens (including phenoxy) is 2. The van der Waals surface area contributed by atoms with Crippen molar-refractivity contribution >= 4 is 28.6 Å². The smallest absolute Gasteiger partial charge is 0.305 e. The Balaban J connectivity index is 1.72. The number of carbonyl (C=O) groups is 2. The van der Waals surface area contributed by atoms with E-state index in [4.69, 9.17) is 9.47 Å². The van der Waals surface area contributed by atoms with Crippen LogP contribution in [0.25, 0.3) is 11.0 Å². The van der Waals surface area contributed by atoms with Crippen LogP contribution in [0.1, 0.15) is 28.4 Å². The summed E-state index contributed by atoms with van der Waals surface area (Å²) >= 11 is 0. The number of carboxylic acids is 1. The van der Waals surface area contributed by atoms with Crippen molar-refractivity contribution in [3.05, 3.63) is 84.2 Å². The van der Waals surface area contributed by atoms with Crippen LogP contribution in [0.4, 0.5) is 5.69 Å². The maximum atomic E-state index is 13.1. The van der Waals surface area contributed by atoms with Crippen LogP contribution < -0.4 is 14.8 Å². The first kappa shape index (κ1) is 21.9. The van der Waals surface area contributed by atoms with E-state index in [0.717, 1.165) is 5.56 Å². The van der Waals surface area contributed by atoms with E-state index in [1.807, 2.05) is 34.9 Å². The number of nitrogens with zero attached hydrogens (tertiary/aromatic N) is 2. The molecule has 0 saturated heterocycles. The highest BCUT2D eigenvalue weighted by molar-refractivity contribution is 6.08. The highest BCUT2D eigenvalue weighted by Gasteiger charge is 2.21. The molecule has 0 aliphatic carbocycles. The number of fused-ring (bicyclic) bond motifs is 1. The van der Waals surface area contributed by atoms with Gasteiger partial charge in [0.15, 0.2) is 0 Å². The third kappa shape index (κ3) is 4.50. The molecule has 168 valence electrons. The lowest BCUT2D eigenvalue weighted by molar-refractivity contribution is -0.137. The molecule has 8 heteroatoms. The van der Waals surface area contributed by atoms with Gasteiger partial charge in [-0.15, -0.1) is 0 Å². The summed E-state index contributed by atoms with van der Waals surface area (Å²) in [7, 11) is 2.98. The van der Waals surface area contributed by atoms with Crippen molar-refractivity contribution in [1.82, 2.24) is 9.55 Å². The minimum Gasteiger partial charge on any atom is -0.496 e. The zero-order valence-electron chi connectivity index (χ0n) is 18.2. The molecule has 0 aliphatic heterocycles. The number of methoxy groups -OCH3 is 2. The molecule has 1 unspecified atom stereocenters. The monoisotopic (exact) mass is 445 g/mol. The first-order valence-electron chi connectivity index (χ1n) is 10.3. The van der Waals surface area contributed by atoms with Gasteiger partial charge in [-0.2, -0.15) is 0 Å². The first-order valence-corrected chi connectivity index (χ1v) is 10.3. The quantitative estimate of drug-likeness (QED) is 0.418. The maximum Gasteiger partial charge on any atom is 0.305 e. The molecule has 0 spiro atoms. The van der Waals surface area contributed by atoms with E-state index < -0.39 is 12.0 Å². The Morgan fingerprint density at radius 3 is 2.33 bits per heavy atom. The van der Waals surface area contributed by atoms with Crippen molar-refractivity contribution < 1.29 is 24.2 Å². The van der Waals surface area contributed by atoms with Crippen molar-refractivity contribution in [1.29, 1.82) is 0 Å². The number of anilines is 1. The lowest BCUT2D eigenvalue weighted by Gasteiger charge is -2.18. The van der Waals surface area contributed by atoms with Gasteiger partial charge >= 0.3 is 5.97 Å². The normalized spacial score (nSPS) is 11.7. The average Bonchev–Trinajstić information content (AvgIpc) is 3.25. The third-order valence-electron chi connectivity index (χ3n) is 5.38. The molecule has 0 fully saturated rings. The van der Waals surface area contributed by atoms with E-state index in [1.54, 1.807) is 42.7 Å². The standard InChI is InChI=1S/C25H23N3O5/c1-32-21-9-6-10-22(33-2)24(21)25(31)27-17-11-12-18-20(13-17)28(15-26-18)19(14-23(29)30)16-7-4-3-5-8-16/h3-13,15,19H,14H2,1-2H3,(H,27,31)(H,29,30). The van der Waals surface area contributed by atoms with Crippen LogP contribution in [0.3, 0.4) is 0 Å². The molecule has 33 heavy (non-hydrogen) atoms. The van der Waals surface area contributed by atoms with Gasteiger partial charge in [0, 0.05) is 5.69 Å². The number of amides is 1. The van der Waals surface area contributed by atoms with Crippen LogP contribution >= 0.6 is 0 Å². The zero-order valence-corrected chi connectivity index (χ0v) is 18.2. The molecule has 1 amide bonds. The van der Waals surface area contributed by atoms with Crippen LogP contribution in [-0.2, 0) is 4.79 Å². The van der Waals surface area contributed by atoms with Crippen molar-refractivity contribution in [3.63, 3.8) is 0 Å². The Labute approximate surface area is 190 Å². The van der Waals surface area contributed by atoms with E-state index >= 15 is 0 Å². The van der Waals surface area contributed by atoms with Gasteiger partial charge in [-0.1, -0.05) is 36.4 Å². The van der Waals surface area contributed by atoms with Crippen LogP contribution in [0, 0.1) is 0 Å². The summed E-state index contributed by atoms with van der Waals surface area (Å²) < 4.78 is 12.5. The fourth-order valence-corrected chi connectivity index (χ4v) is 3.84. The Morgan fingerprint density at radius 2 is 1.70 bits per heavy atom. The second-order valence-electron chi connectivity index (χ2n) is 7.37. The van der Waals surface area contributed by atoms with Crippen molar-refractivity contribution in [2.75, 3.05) is 19.5 Å². The predicted molar refractivity (Wildman–Crippen MR) is 124 cm³/mol. The minimum absolute atomic E-state index is 0.107. The van der Waals surface area contributed by atoms with Gasteiger partial charge in [0.1, 0.15) is 17.1 Å². The van der Waals surface area contributed by atoms with Gasteiger partial charge in [-0.25, -0.2) is 4.98 Å². The lowest BCUT2D eigenvalue weighted by Crippen LogP contribution is -2.15. The summed E-state index contributed by atoms with van der Waals surface area (Å²) in [4.78, 5) is 29.1. The number of imidazole rings is 1. The number of nitrogens with one attached hydrogen (secondary N) is 1. The predicted octanol–water partition coefficient (Wildman–Crippen LogP) is 4.37. The molecule has 1 heterocycles. The Kier molecular flexibility index (Phi) is 6.26. The molecule has 4 aromatic rings. The van der Waals surface area contributed by atoms with Crippen LogP contribution in [-0.4, -0.2) is 40.8 Å². The number of carboxylic acid groups (broad SMARTS) is 1. The summed E-state index contributed by atoms with van der Waals surface area (Å²) in [6, 6.07) is 19.4. The Hall–Kier alpha value is -4.33. The van der Waals surface area contributed by atoms with Crippen LogP contribution in [0.5, 0.6) is 11.5 Å². The maximum absolute atomic E-state index is 13.1. The summed E-state index contributed by atoms with van der Waals surface area (Å²) in [5, 5.41) is 12.4. The van der Waals surface area contributed by atoms with Gasteiger partial charge in [-0.05, 0) is 35.9 Å². The van der Waals surface area contributed by atoms with Gasteiger partial charge in [0.2, 0.25) is 0 Å². The lowest BCUT2D eigenvalue weighted by atomic mass is 10.0. The van der Waals surface area contributed by atoms with Crippen LogP contribution in [0.15, 0.2) is 73.1 Å². The third-order valence-corrected chi connectivity index (χ3v) is 5.38. The first-order chi connectivity index (χ1) is 16.0. The number of hydrogen-bond acceptors (Lipinski definition) is 5. The topological polar surface area (TPSA) is 103 Å². The highest BCUT2D eigenvalue weighted by atomic mass is 16.5. The summed E-state index contributed by atoms with van der Waals surface area (Å²) in [5.74, 6) is -0.523. The molecule has 0 bridgehead atoms. The molecule has 0 aliphatic rings. The zero-order chi connectivity index (χ0) is 23.4. The van der Waals surface area contributed by atoms with Crippen molar-refractivity contribution in [2.45, 2.75) is 12.5 Å². The van der Waals surface area contributed by atoms with Crippen molar-refractivity contribution in [3.8, 4) is 11.5 Å². The molecular weight excluding hydrogens is 422 g/mol. The largest absolute Gasteiger partial charge is 0.496 e. The SMILES string of the molecule is COc1cccc(OC)c1C(=O)Nc1ccc2ncn(C(CC(=O)O)c3ccccc3)c2c1. The Morgan fingerprint density at radius 1 is 1.00 bits per heavy atom. The van der Waals surface area contributed by atoms with Gasteiger partial charge in [0.05, 0.1) is 44.0 Å².